The largest absolute Gasteiger partial charge is 0.326 e. The van der Waals surface area contributed by atoms with Gasteiger partial charge in [0.25, 0.3) is 0 Å². The van der Waals surface area contributed by atoms with E-state index >= 15 is 0 Å². The van der Waals surface area contributed by atoms with E-state index < -0.39 is 5.82 Å². The van der Waals surface area contributed by atoms with Gasteiger partial charge in [0.2, 0.25) is 0 Å². The third kappa shape index (κ3) is 5.70. The zero-order valence-corrected chi connectivity index (χ0v) is 18.9. The van der Waals surface area contributed by atoms with E-state index in [0.717, 1.165) is 42.9 Å². The Kier molecular flexibility index (Phi) is 7.23. The van der Waals surface area contributed by atoms with Crippen LogP contribution in [0.1, 0.15) is 18.4 Å². The van der Waals surface area contributed by atoms with Gasteiger partial charge in [0.05, 0.1) is 16.7 Å². The van der Waals surface area contributed by atoms with Gasteiger partial charge in [0, 0.05) is 17.9 Å². The van der Waals surface area contributed by atoms with E-state index in [2.05, 4.69) is 16.3 Å². The van der Waals surface area contributed by atoms with E-state index in [1.807, 2.05) is 42.5 Å². The fraction of sp³-hybridized carbons (Fsp3) is 0.231. The molecule has 0 spiro atoms. The van der Waals surface area contributed by atoms with Gasteiger partial charge in [-0.25, -0.2) is 9.18 Å². The Morgan fingerprint density at radius 2 is 1.88 bits per heavy atom. The molecule has 1 fully saturated rings. The minimum atomic E-state index is -0.530. The van der Waals surface area contributed by atoms with E-state index in [0.29, 0.717) is 17.8 Å². The molecule has 0 unspecified atom stereocenters. The number of nitrogens with zero attached hydrogens (tertiary/aromatic N) is 3. The summed E-state index contributed by atoms with van der Waals surface area (Å²) in [5, 5.41) is 11.9. The van der Waals surface area contributed by atoms with Crippen molar-refractivity contribution in [3.63, 3.8) is 0 Å². The van der Waals surface area contributed by atoms with Crippen molar-refractivity contribution < 1.29 is 9.18 Å². The molecule has 1 aliphatic heterocycles. The minimum Gasteiger partial charge on any atom is -0.307 e. The van der Waals surface area contributed by atoms with Crippen molar-refractivity contribution >= 4 is 29.0 Å². The van der Waals surface area contributed by atoms with Crippen molar-refractivity contribution in [3.05, 3.63) is 83.1 Å². The number of hydrogen-bond acceptors (Lipinski definition) is 3. The molecule has 4 rings (SSSR count). The summed E-state index contributed by atoms with van der Waals surface area (Å²) in [7, 11) is 0. The number of rotatable bonds is 7. The number of amides is 2. The van der Waals surface area contributed by atoms with Crippen LogP contribution in [0, 0.1) is 17.1 Å². The lowest BCUT2D eigenvalue weighted by Crippen LogP contribution is -2.41. The number of benzene rings is 3. The topological polar surface area (TPSA) is 59.4 Å². The normalized spacial score (nSPS) is 13.1. The Balaban J connectivity index is 1.52. The summed E-state index contributed by atoms with van der Waals surface area (Å²) in [5.74, 6) is -0.530. The molecule has 0 atom stereocenters. The molecule has 1 saturated heterocycles. The molecular weight excluding hydrogens is 439 g/mol. The number of likely N-dealkylation sites (tertiary alicyclic amines) is 1. The van der Waals surface area contributed by atoms with Crippen LogP contribution in [0.4, 0.5) is 20.6 Å². The smallest absolute Gasteiger partial charge is 0.307 e. The summed E-state index contributed by atoms with van der Waals surface area (Å²) in [4.78, 5) is 17.2. The molecule has 0 saturated carbocycles. The van der Waals surface area contributed by atoms with Crippen LogP contribution < -0.4 is 10.2 Å². The molecule has 2 amide bonds. The van der Waals surface area contributed by atoms with Gasteiger partial charge in [-0.1, -0.05) is 35.9 Å². The van der Waals surface area contributed by atoms with Crippen molar-refractivity contribution in [2.45, 2.75) is 12.8 Å². The van der Waals surface area contributed by atoms with Crippen LogP contribution in [0.2, 0.25) is 5.02 Å². The van der Waals surface area contributed by atoms with Crippen molar-refractivity contribution in [2.75, 3.05) is 36.4 Å². The van der Waals surface area contributed by atoms with E-state index in [4.69, 9.17) is 16.9 Å². The first-order chi connectivity index (χ1) is 16.0. The molecule has 33 heavy (non-hydrogen) atoms. The Morgan fingerprint density at radius 1 is 1.09 bits per heavy atom. The minimum absolute atomic E-state index is 0.0407. The van der Waals surface area contributed by atoms with E-state index in [1.54, 1.807) is 11.0 Å². The van der Waals surface area contributed by atoms with Gasteiger partial charge < -0.3 is 10.2 Å². The van der Waals surface area contributed by atoms with Gasteiger partial charge in [0.15, 0.2) is 0 Å². The SMILES string of the molecule is N#Cc1cccc(-c2ccc(N(CCCN3CCC3)C(=O)Nc3ccc(F)c(Cl)c3)cc2)c1. The van der Waals surface area contributed by atoms with Gasteiger partial charge in [-0.3, -0.25) is 4.90 Å². The van der Waals surface area contributed by atoms with Gasteiger partial charge in [-0.15, -0.1) is 0 Å². The first-order valence-electron chi connectivity index (χ1n) is 10.9. The third-order valence-electron chi connectivity index (χ3n) is 5.72. The second kappa shape index (κ2) is 10.5. The molecule has 0 aliphatic carbocycles. The summed E-state index contributed by atoms with van der Waals surface area (Å²) in [6, 6.07) is 21.1. The third-order valence-corrected chi connectivity index (χ3v) is 6.01. The molecular formula is C26H24ClFN4O. The quantitative estimate of drug-likeness (QED) is 0.458. The molecule has 168 valence electrons. The highest BCUT2D eigenvalue weighted by atomic mass is 35.5. The molecule has 1 heterocycles. The Morgan fingerprint density at radius 3 is 2.55 bits per heavy atom. The average molecular weight is 463 g/mol. The van der Waals surface area contributed by atoms with Crippen LogP contribution in [0.15, 0.2) is 66.7 Å². The molecule has 1 N–H and O–H groups in total. The Hall–Kier alpha value is -3.40. The van der Waals surface area contributed by atoms with Crippen LogP contribution in [-0.2, 0) is 0 Å². The summed E-state index contributed by atoms with van der Waals surface area (Å²) in [6.07, 6.45) is 2.06. The van der Waals surface area contributed by atoms with Gasteiger partial charge in [-0.2, -0.15) is 5.26 Å². The standard InChI is InChI=1S/C26H24ClFN4O/c27-24-17-22(8-11-25(24)28)30-26(33)32(15-3-14-31-12-2-13-31)23-9-6-20(7-10-23)21-5-1-4-19(16-21)18-29/h1,4-11,16-17H,2-3,12-15H2,(H,30,33). The van der Waals surface area contributed by atoms with Crippen LogP contribution in [0.3, 0.4) is 0 Å². The maximum atomic E-state index is 13.5. The number of carbonyl (C=O) groups excluding carboxylic acids is 1. The van der Waals surface area contributed by atoms with Crippen molar-refractivity contribution in [2.24, 2.45) is 0 Å². The first-order valence-corrected chi connectivity index (χ1v) is 11.3. The number of carbonyl (C=O) groups is 1. The second-order valence-corrected chi connectivity index (χ2v) is 8.41. The second-order valence-electron chi connectivity index (χ2n) is 8.00. The number of nitrogens with one attached hydrogen (secondary N) is 1. The lowest BCUT2D eigenvalue weighted by atomic mass is 10.0. The Bertz CT molecular complexity index is 1170. The summed E-state index contributed by atoms with van der Waals surface area (Å²) in [6.45, 7) is 3.69. The van der Waals surface area contributed by atoms with E-state index in [1.165, 1.54) is 24.6 Å². The summed E-state index contributed by atoms with van der Waals surface area (Å²) < 4.78 is 13.5. The van der Waals surface area contributed by atoms with Gasteiger partial charge in [-0.05, 0) is 86.1 Å². The van der Waals surface area contributed by atoms with Crippen LogP contribution >= 0.6 is 11.6 Å². The van der Waals surface area contributed by atoms with Crippen LogP contribution in [0.25, 0.3) is 11.1 Å². The lowest BCUT2D eigenvalue weighted by Gasteiger charge is -2.31. The predicted molar refractivity (Wildman–Crippen MR) is 130 cm³/mol. The van der Waals surface area contributed by atoms with Crippen molar-refractivity contribution in [1.82, 2.24) is 4.90 Å². The molecule has 0 bridgehead atoms. The van der Waals surface area contributed by atoms with Crippen LogP contribution in [0.5, 0.6) is 0 Å². The Labute approximate surface area is 198 Å². The highest BCUT2D eigenvalue weighted by Gasteiger charge is 2.19. The molecule has 0 radical (unpaired) electrons. The highest BCUT2D eigenvalue weighted by Crippen LogP contribution is 2.26. The first kappa shape index (κ1) is 22.8. The maximum Gasteiger partial charge on any atom is 0.326 e. The monoisotopic (exact) mass is 462 g/mol. The number of anilines is 2. The maximum absolute atomic E-state index is 13.5. The van der Waals surface area contributed by atoms with Gasteiger partial charge >= 0.3 is 6.03 Å². The zero-order valence-electron chi connectivity index (χ0n) is 18.1. The van der Waals surface area contributed by atoms with E-state index in [-0.39, 0.29) is 11.1 Å². The molecule has 5 nitrogen and oxygen atoms in total. The predicted octanol–water partition coefficient (Wildman–Crippen LogP) is 6.15. The molecule has 7 heteroatoms. The van der Waals surface area contributed by atoms with E-state index in [9.17, 15) is 9.18 Å². The van der Waals surface area contributed by atoms with Crippen molar-refractivity contribution in [3.8, 4) is 17.2 Å². The van der Waals surface area contributed by atoms with Gasteiger partial charge in [0.1, 0.15) is 5.82 Å². The number of nitriles is 1. The average Bonchev–Trinajstić information content (AvgIpc) is 2.80. The number of halogens is 2. The molecule has 0 aromatic heterocycles. The molecule has 3 aromatic carbocycles. The number of hydrogen-bond donors (Lipinski definition) is 1. The molecule has 1 aliphatic rings. The van der Waals surface area contributed by atoms with Crippen molar-refractivity contribution in [1.29, 1.82) is 5.26 Å². The highest BCUT2D eigenvalue weighted by molar-refractivity contribution is 6.31. The molecule has 3 aromatic rings. The summed E-state index contributed by atoms with van der Waals surface area (Å²) >= 11 is 5.87. The zero-order chi connectivity index (χ0) is 23.2. The fourth-order valence-electron chi connectivity index (χ4n) is 3.77. The van der Waals surface area contributed by atoms with Crippen LogP contribution in [-0.4, -0.2) is 37.1 Å². The summed E-state index contributed by atoms with van der Waals surface area (Å²) in [5.41, 5.74) is 3.69. The lowest BCUT2D eigenvalue weighted by molar-refractivity contribution is 0.180. The fourth-order valence-corrected chi connectivity index (χ4v) is 3.95. The number of urea groups is 1.